The van der Waals surface area contributed by atoms with Gasteiger partial charge < -0.3 is 20.6 Å². The van der Waals surface area contributed by atoms with Gasteiger partial charge in [0.15, 0.2) is 0 Å². The van der Waals surface area contributed by atoms with Crippen LogP contribution in [-0.2, 0) is 0 Å². The molecule has 1 saturated carbocycles. The number of halogens is 1. The Labute approximate surface area is 161 Å². The number of nitrogens with one attached hydrogen (secondary N) is 2. The minimum atomic E-state index is -0.780. The van der Waals surface area contributed by atoms with Gasteiger partial charge in [-0.25, -0.2) is 4.79 Å². The molecule has 0 aromatic heterocycles. The Balaban J connectivity index is 1.62. The number of piperidine rings is 1. The van der Waals surface area contributed by atoms with E-state index in [4.69, 9.17) is 11.6 Å². The summed E-state index contributed by atoms with van der Waals surface area (Å²) in [7, 11) is 0. The third-order valence-electron chi connectivity index (χ3n) is 5.52. The third kappa shape index (κ3) is 5.27. The summed E-state index contributed by atoms with van der Waals surface area (Å²) in [6.07, 6.45) is 9.47. The van der Waals surface area contributed by atoms with Gasteiger partial charge in [0.2, 0.25) is 0 Å². The monoisotopic (exact) mass is 379 g/mol. The number of carbonyl (C=O) groups is 1. The maximum Gasteiger partial charge on any atom is 0.319 e. The van der Waals surface area contributed by atoms with Crippen LogP contribution in [0.5, 0.6) is 0 Å². The van der Waals surface area contributed by atoms with Gasteiger partial charge in [-0.2, -0.15) is 0 Å². The number of urea groups is 1. The fourth-order valence-electron chi connectivity index (χ4n) is 3.99. The zero-order valence-corrected chi connectivity index (χ0v) is 16.2. The van der Waals surface area contributed by atoms with E-state index >= 15 is 0 Å². The molecule has 144 valence electrons. The number of rotatable bonds is 4. The largest absolute Gasteiger partial charge is 0.388 e. The number of carbonyl (C=O) groups excluding carboxylic acids is 1. The van der Waals surface area contributed by atoms with E-state index in [1.165, 1.54) is 19.3 Å². The summed E-state index contributed by atoms with van der Waals surface area (Å²) in [5, 5.41) is 17.1. The van der Waals surface area contributed by atoms with Gasteiger partial charge in [-0.15, -0.1) is 0 Å². The minimum Gasteiger partial charge on any atom is -0.388 e. The average Bonchev–Trinajstić information content (AvgIpc) is 2.86. The van der Waals surface area contributed by atoms with Crippen LogP contribution in [0.4, 0.5) is 16.2 Å². The first kappa shape index (κ1) is 19.3. The van der Waals surface area contributed by atoms with E-state index in [0.29, 0.717) is 11.6 Å². The number of hydrogen-bond donors (Lipinski definition) is 3. The van der Waals surface area contributed by atoms with Crippen molar-refractivity contribution in [1.82, 2.24) is 5.32 Å². The first-order valence-electron chi connectivity index (χ1n) is 9.88. The fourth-order valence-corrected chi connectivity index (χ4v) is 4.17. The van der Waals surface area contributed by atoms with Crippen molar-refractivity contribution in [2.45, 2.75) is 63.4 Å². The van der Waals surface area contributed by atoms with Crippen LogP contribution in [0, 0.1) is 0 Å². The van der Waals surface area contributed by atoms with Crippen LogP contribution in [-0.4, -0.2) is 36.4 Å². The van der Waals surface area contributed by atoms with E-state index < -0.39 is 5.60 Å². The van der Waals surface area contributed by atoms with E-state index in [1.54, 1.807) is 6.07 Å². The maximum atomic E-state index is 12.4. The topological polar surface area (TPSA) is 64.6 Å². The Kier molecular flexibility index (Phi) is 6.65. The van der Waals surface area contributed by atoms with Gasteiger partial charge in [0.05, 0.1) is 17.0 Å². The molecule has 0 bridgehead atoms. The molecular formula is C20H30ClN3O2. The fraction of sp³-hybridized carbons (Fsp3) is 0.650. The van der Waals surface area contributed by atoms with Gasteiger partial charge in [0.25, 0.3) is 0 Å². The first-order chi connectivity index (χ1) is 12.6. The summed E-state index contributed by atoms with van der Waals surface area (Å²) in [5.74, 6) is 0. The van der Waals surface area contributed by atoms with Gasteiger partial charge >= 0.3 is 6.03 Å². The van der Waals surface area contributed by atoms with Crippen LogP contribution in [0.3, 0.4) is 0 Å². The molecule has 26 heavy (non-hydrogen) atoms. The second-order valence-electron chi connectivity index (χ2n) is 7.66. The Morgan fingerprint density at radius 2 is 1.73 bits per heavy atom. The first-order valence-corrected chi connectivity index (χ1v) is 10.3. The molecule has 2 amide bonds. The molecule has 6 heteroatoms. The van der Waals surface area contributed by atoms with E-state index in [0.717, 1.165) is 63.0 Å². The van der Waals surface area contributed by atoms with Crippen molar-refractivity contribution < 1.29 is 9.90 Å². The maximum absolute atomic E-state index is 12.4. The van der Waals surface area contributed by atoms with Gasteiger partial charge in [-0.3, -0.25) is 0 Å². The smallest absolute Gasteiger partial charge is 0.319 e. The molecule has 2 fully saturated rings. The molecule has 5 nitrogen and oxygen atoms in total. The summed E-state index contributed by atoms with van der Waals surface area (Å²) in [6, 6.07) is 5.35. The number of benzene rings is 1. The Morgan fingerprint density at radius 1 is 1.08 bits per heavy atom. The number of hydrogen-bond acceptors (Lipinski definition) is 3. The lowest BCUT2D eigenvalue weighted by Crippen LogP contribution is -2.44. The molecule has 3 rings (SSSR count). The van der Waals surface area contributed by atoms with Crippen molar-refractivity contribution in [3.8, 4) is 0 Å². The Bertz CT molecular complexity index is 609. The van der Waals surface area contributed by atoms with Crippen LogP contribution in [0.15, 0.2) is 18.2 Å². The second kappa shape index (κ2) is 8.96. The van der Waals surface area contributed by atoms with Crippen molar-refractivity contribution in [2.24, 2.45) is 0 Å². The molecule has 0 radical (unpaired) electrons. The van der Waals surface area contributed by atoms with Gasteiger partial charge in [-0.05, 0) is 50.3 Å². The van der Waals surface area contributed by atoms with Crippen molar-refractivity contribution in [3.05, 3.63) is 23.2 Å². The summed E-state index contributed by atoms with van der Waals surface area (Å²) in [6.45, 7) is 2.29. The van der Waals surface area contributed by atoms with Gasteiger partial charge in [-0.1, -0.05) is 37.3 Å². The highest BCUT2D eigenvalue weighted by Gasteiger charge is 2.28. The van der Waals surface area contributed by atoms with E-state index in [-0.39, 0.29) is 6.03 Å². The lowest BCUT2D eigenvalue weighted by Gasteiger charge is -2.31. The zero-order chi connectivity index (χ0) is 18.4. The quantitative estimate of drug-likeness (QED) is 0.673. The molecule has 2 aliphatic rings. The third-order valence-corrected chi connectivity index (χ3v) is 5.75. The van der Waals surface area contributed by atoms with Crippen LogP contribution >= 0.6 is 11.6 Å². The molecule has 0 spiro atoms. The minimum absolute atomic E-state index is 0.289. The lowest BCUT2D eigenvalue weighted by molar-refractivity contribution is 0.0281. The molecule has 1 aliphatic carbocycles. The van der Waals surface area contributed by atoms with E-state index in [9.17, 15) is 9.90 Å². The van der Waals surface area contributed by atoms with Gasteiger partial charge in [0, 0.05) is 24.7 Å². The van der Waals surface area contributed by atoms with Crippen molar-refractivity contribution in [2.75, 3.05) is 29.9 Å². The highest BCUT2D eigenvalue weighted by molar-refractivity contribution is 6.31. The molecular weight excluding hydrogens is 350 g/mol. The van der Waals surface area contributed by atoms with Crippen molar-refractivity contribution >= 4 is 29.0 Å². The summed E-state index contributed by atoms with van der Waals surface area (Å²) >= 11 is 6.15. The lowest BCUT2D eigenvalue weighted by atomic mass is 9.95. The molecule has 1 aliphatic heterocycles. The highest BCUT2D eigenvalue weighted by Crippen LogP contribution is 2.31. The van der Waals surface area contributed by atoms with Crippen LogP contribution in [0.1, 0.15) is 57.8 Å². The van der Waals surface area contributed by atoms with E-state index in [1.807, 2.05) is 12.1 Å². The van der Waals surface area contributed by atoms with E-state index in [2.05, 4.69) is 15.5 Å². The average molecular weight is 380 g/mol. The normalized spacial score (nSPS) is 20.3. The van der Waals surface area contributed by atoms with Crippen LogP contribution in [0.2, 0.25) is 5.02 Å². The second-order valence-corrected chi connectivity index (χ2v) is 8.09. The Morgan fingerprint density at radius 3 is 2.42 bits per heavy atom. The van der Waals surface area contributed by atoms with Gasteiger partial charge in [0.1, 0.15) is 0 Å². The predicted octanol–water partition coefficient (Wildman–Crippen LogP) is 4.54. The molecule has 3 N–H and O–H groups in total. The highest BCUT2D eigenvalue weighted by atomic mass is 35.5. The summed E-state index contributed by atoms with van der Waals surface area (Å²) in [5.41, 5.74) is 0.958. The Hall–Kier alpha value is -1.46. The van der Waals surface area contributed by atoms with Crippen molar-refractivity contribution in [1.29, 1.82) is 0 Å². The number of anilines is 2. The summed E-state index contributed by atoms with van der Waals surface area (Å²) < 4.78 is 0. The SMILES string of the molecule is O=C(NCC1(O)CCCCCC1)Nc1cc(Cl)ccc1N1CCCCC1. The molecule has 1 aromatic rings. The van der Waals surface area contributed by atoms with Crippen molar-refractivity contribution in [3.63, 3.8) is 0 Å². The standard InChI is InChI=1S/C20H30ClN3O2/c21-16-8-9-18(24-12-6-3-7-13-24)17(14-16)23-19(25)22-15-20(26)10-4-1-2-5-11-20/h8-9,14,26H,1-7,10-13,15H2,(H2,22,23,25). The summed E-state index contributed by atoms with van der Waals surface area (Å²) in [4.78, 5) is 14.7. The number of aliphatic hydroxyl groups is 1. The predicted molar refractivity (Wildman–Crippen MR) is 107 cm³/mol. The molecule has 0 unspecified atom stereocenters. The van der Waals surface area contributed by atoms with Crippen LogP contribution in [0.25, 0.3) is 0 Å². The zero-order valence-electron chi connectivity index (χ0n) is 15.4. The number of amides is 2. The molecule has 1 aromatic carbocycles. The molecule has 1 saturated heterocycles. The van der Waals surface area contributed by atoms with Crippen LogP contribution < -0.4 is 15.5 Å². The molecule has 0 atom stereocenters. The molecule has 1 heterocycles. The number of nitrogens with zero attached hydrogens (tertiary/aromatic N) is 1.